The summed E-state index contributed by atoms with van der Waals surface area (Å²) in [6, 6.07) is 6.75. The molecule has 2 N–H and O–H groups in total. The molecule has 15 heavy (non-hydrogen) atoms. The molecule has 0 saturated heterocycles. The molecular weight excluding hydrogens is 191 g/mol. The molecular formula is C12H13FN2. The van der Waals surface area contributed by atoms with Gasteiger partial charge in [0.2, 0.25) is 0 Å². The smallest absolute Gasteiger partial charge is 0.126 e. The van der Waals surface area contributed by atoms with Crippen molar-refractivity contribution >= 4 is 5.70 Å². The molecule has 0 unspecified atom stereocenters. The zero-order valence-electron chi connectivity index (χ0n) is 8.84. The van der Waals surface area contributed by atoms with Crippen LogP contribution >= 0.6 is 0 Å². The highest BCUT2D eigenvalue weighted by atomic mass is 19.1. The minimum atomic E-state index is -0.302. The Bertz CT molecular complexity index is 441. The van der Waals surface area contributed by atoms with Crippen LogP contribution in [0, 0.1) is 24.1 Å². The predicted molar refractivity (Wildman–Crippen MR) is 58.1 cm³/mol. The quantitative estimate of drug-likeness (QED) is 0.753. The summed E-state index contributed by atoms with van der Waals surface area (Å²) in [5.41, 5.74) is 7.75. The van der Waals surface area contributed by atoms with Crippen LogP contribution in [0.25, 0.3) is 5.70 Å². The Morgan fingerprint density at radius 1 is 1.53 bits per heavy atom. The summed E-state index contributed by atoms with van der Waals surface area (Å²) in [5, 5.41) is 8.80. The predicted octanol–water partition coefficient (Wildman–Crippen LogP) is 2.74. The topological polar surface area (TPSA) is 49.8 Å². The van der Waals surface area contributed by atoms with E-state index in [1.165, 1.54) is 6.07 Å². The van der Waals surface area contributed by atoms with Crippen LogP contribution in [0.1, 0.15) is 24.5 Å². The van der Waals surface area contributed by atoms with Gasteiger partial charge in [0, 0.05) is 5.56 Å². The highest BCUT2D eigenvalue weighted by molar-refractivity contribution is 5.69. The zero-order chi connectivity index (χ0) is 11.4. The first-order valence-corrected chi connectivity index (χ1v) is 4.75. The lowest BCUT2D eigenvalue weighted by Crippen LogP contribution is -2.01. The van der Waals surface area contributed by atoms with Crippen molar-refractivity contribution in [1.82, 2.24) is 0 Å². The number of aryl methyl sites for hydroxylation is 1. The Hall–Kier alpha value is -1.82. The minimum absolute atomic E-state index is 0.302. The van der Waals surface area contributed by atoms with Crippen LogP contribution in [0.3, 0.4) is 0 Å². The van der Waals surface area contributed by atoms with Gasteiger partial charge in [-0.15, -0.1) is 0 Å². The molecule has 1 aromatic rings. The van der Waals surface area contributed by atoms with Crippen molar-refractivity contribution in [3.63, 3.8) is 0 Å². The molecule has 0 aromatic heterocycles. The van der Waals surface area contributed by atoms with Crippen LogP contribution in [0.2, 0.25) is 0 Å². The number of benzene rings is 1. The van der Waals surface area contributed by atoms with Gasteiger partial charge < -0.3 is 5.73 Å². The second-order valence-electron chi connectivity index (χ2n) is 3.32. The number of hydrogen-bond acceptors (Lipinski definition) is 2. The molecule has 1 aromatic carbocycles. The number of nitrogens with two attached hydrogens (primary N) is 1. The molecule has 0 aliphatic carbocycles. The van der Waals surface area contributed by atoms with Crippen LogP contribution in [-0.4, -0.2) is 0 Å². The average Bonchev–Trinajstić information content (AvgIpc) is 2.23. The standard InChI is InChI=1S/C12H13FN2/c1-3-9(7-14)12(15)10-5-4-8(2)11(13)6-10/h4-6H,3,15H2,1-2H3/b12-9-. The first-order valence-electron chi connectivity index (χ1n) is 4.75. The zero-order valence-corrected chi connectivity index (χ0v) is 8.84. The van der Waals surface area contributed by atoms with E-state index in [4.69, 9.17) is 11.0 Å². The maximum atomic E-state index is 13.2. The van der Waals surface area contributed by atoms with E-state index in [1.807, 2.05) is 13.0 Å². The van der Waals surface area contributed by atoms with Crippen molar-refractivity contribution in [2.45, 2.75) is 20.3 Å². The monoisotopic (exact) mass is 204 g/mol. The molecule has 0 aliphatic rings. The molecule has 0 fully saturated rings. The van der Waals surface area contributed by atoms with Gasteiger partial charge in [0.05, 0.1) is 17.3 Å². The first-order chi connectivity index (χ1) is 7.10. The normalized spacial score (nSPS) is 11.9. The Morgan fingerprint density at radius 2 is 2.20 bits per heavy atom. The number of halogens is 1. The molecule has 78 valence electrons. The third kappa shape index (κ3) is 2.35. The van der Waals surface area contributed by atoms with E-state index in [-0.39, 0.29) is 5.82 Å². The van der Waals surface area contributed by atoms with E-state index in [2.05, 4.69) is 0 Å². The van der Waals surface area contributed by atoms with E-state index in [9.17, 15) is 4.39 Å². The van der Waals surface area contributed by atoms with Crippen molar-refractivity contribution < 1.29 is 4.39 Å². The second-order valence-corrected chi connectivity index (χ2v) is 3.32. The second kappa shape index (κ2) is 4.61. The van der Waals surface area contributed by atoms with Gasteiger partial charge in [-0.25, -0.2) is 4.39 Å². The molecule has 3 heteroatoms. The summed E-state index contributed by atoms with van der Waals surface area (Å²) in [5.74, 6) is -0.302. The van der Waals surface area contributed by atoms with E-state index >= 15 is 0 Å². The fourth-order valence-corrected chi connectivity index (χ4v) is 1.26. The third-order valence-corrected chi connectivity index (χ3v) is 2.30. The fourth-order valence-electron chi connectivity index (χ4n) is 1.26. The fraction of sp³-hybridized carbons (Fsp3) is 0.250. The summed E-state index contributed by atoms with van der Waals surface area (Å²) < 4.78 is 13.2. The van der Waals surface area contributed by atoms with E-state index in [0.29, 0.717) is 28.8 Å². The molecule has 0 spiro atoms. The van der Waals surface area contributed by atoms with Crippen LogP contribution in [0.4, 0.5) is 4.39 Å². The lowest BCUT2D eigenvalue weighted by Gasteiger charge is -2.05. The molecule has 0 radical (unpaired) electrons. The van der Waals surface area contributed by atoms with Crippen LogP contribution < -0.4 is 5.73 Å². The van der Waals surface area contributed by atoms with E-state index in [0.717, 1.165) is 0 Å². The van der Waals surface area contributed by atoms with E-state index in [1.54, 1.807) is 19.1 Å². The van der Waals surface area contributed by atoms with Gasteiger partial charge in [-0.05, 0) is 25.0 Å². The van der Waals surface area contributed by atoms with Gasteiger partial charge in [0.1, 0.15) is 5.82 Å². The maximum absolute atomic E-state index is 13.2. The number of nitrogens with zero attached hydrogens (tertiary/aromatic N) is 1. The van der Waals surface area contributed by atoms with Gasteiger partial charge in [0.15, 0.2) is 0 Å². The average molecular weight is 204 g/mol. The Balaban J connectivity index is 3.24. The Morgan fingerprint density at radius 3 is 2.67 bits per heavy atom. The summed E-state index contributed by atoms with van der Waals surface area (Å²) in [6.45, 7) is 3.53. The molecule has 0 heterocycles. The third-order valence-electron chi connectivity index (χ3n) is 2.30. The van der Waals surface area contributed by atoms with Crippen LogP contribution in [0.15, 0.2) is 23.8 Å². The van der Waals surface area contributed by atoms with Crippen LogP contribution in [-0.2, 0) is 0 Å². The molecule has 2 nitrogen and oxygen atoms in total. The Kier molecular flexibility index (Phi) is 3.46. The maximum Gasteiger partial charge on any atom is 0.126 e. The van der Waals surface area contributed by atoms with Gasteiger partial charge >= 0.3 is 0 Å². The van der Waals surface area contributed by atoms with Crippen molar-refractivity contribution in [1.29, 1.82) is 5.26 Å². The molecule has 0 bridgehead atoms. The largest absolute Gasteiger partial charge is 0.397 e. The highest BCUT2D eigenvalue weighted by Gasteiger charge is 2.06. The Labute approximate surface area is 88.8 Å². The SMILES string of the molecule is CC/C(C#N)=C(/N)c1ccc(C)c(F)c1. The molecule has 0 atom stereocenters. The highest BCUT2D eigenvalue weighted by Crippen LogP contribution is 2.18. The summed E-state index contributed by atoms with van der Waals surface area (Å²) >= 11 is 0. The first kappa shape index (κ1) is 11.3. The summed E-state index contributed by atoms with van der Waals surface area (Å²) in [6.07, 6.45) is 0.553. The van der Waals surface area contributed by atoms with Gasteiger partial charge in [-0.1, -0.05) is 19.1 Å². The number of rotatable bonds is 2. The van der Waals surface area contributed by atoms with Crippen molar-refractivity contribution in [3.05, 3.63) is 40.7 Å². The van der Waals surface area contributed by atoms with Crippen molar-refractivity contribution in [3.8, 4) is 6.07 Å². The molecule has 0 amide bonds. The van der Waals surface area contributed by atoms with Gasteiger partial charge in [-0.3, -0.25) is 0 Å². The number of nitriles is 1. The summed E-state index contributed by atoms with van der Waals surface area (Å²) in [7, 11) is 0. The minimum Gasteiger partial charge on any atom is -0.397 e. The lowest BCUT2D eigenvalue weighted by atomic mass is 10.0. The number of allylic oxidation sites excluding steroid dienone is 1. The lowest BCUT2D eigenvalue weighted by molar-refractivity contribution is 0.618. The van der Waals surface area contributed by atoms with Gasteiger partial charge in [0.25, 0.3) is 0 Å². The van der Waals surface area contributed by atoms with Crippen molar-refractivity contribution in [2.75, 3.05) is 0 Å². The molecule has 0 aliphatic heterocycles. The molecule has 0 saturated carbocycles. The van der Waals surface area contributed by atoms with Crippen LogP contribution in [0.5, 0.6) is 0 Å². The van der Waals surface area contributed by atoms with E-state index < -0.39 is 0 Å². The summed E-state index contributed by atoms with van der Waals surface area (Å²) in [4.78, 5) is 0. The van der Waals surface area contributed by atoms with Gasteiger partial charge in [-0.2, -0.15) is 5.26 Å². The number of hydrogen-bond donors (Lipinski definition) is 1. The van der Waals surface area contributed by atoms with Crippen molar-refractivity contribution in [2.24, 2.45) is 5.73 Å². The molecule has 1 rings (SSSR count).